The number of allylic oxidation sites excluding steroid dienone is 2. The largest absolute Gasteiger partial charge is 0.379 e. The molecule has 1 aliphatic carbocycles. The van der Waals surface area contributed by atoms with Crippen LogP contribution in [0.15, 0.2) is 16.8 Å². The van der Waals surface area contributed by atoms with E-state index in [1.54, 1.807) is 0 Å². The predicted molar refractivity (Wildman–Crippen MR) is 81.4 cm³/mol. The van der Waals surface area contributed by atoms with Gasteiger partial charge in [0, 0.05) is 26.2 Å². The van der Waals surface area contributed by atoms with Gasteiger partial charge in [0.15, 0.2) is 5.11 Å². The van der Waals surface area contributed by atoms with Crippen LogP contribution >= 0.6 is 12.2 Å². The van der Waals surface area contributed by atoms with Crippen molar-refractivity contribution in [1.82, 2.24) is 15.6 Å². The average molecular weight is 282 g/mol. The molecule has 0 unspecified atom stereocenters. The molecule has 1 aliphatic heterocycles. The summed E-state index contributed by atoms with van der Waals surface area (Å²) in [6, 6.07) is 0. The minimum Gasteiger partial charge on any atom is -0.379 e. The van der Waals surface area contributed by atoms with Crippen molar-refractivity contribution in [2.24, 2.45) is 5.10 Å². The van der Waals surface area contributed by atoms with Crippen LogP contribution in [0.5, 0.6) is 0 Å². The van der Waals surface area contributed by atoms with E-state index < -0.39 is 0 Å². The van der Waals surface area contributed by atoms with Gasteiger partial charge in [0.25, 0.3) is 0 Å². The number of morpholine rings is 1. The molecular weight excluding hydrogens is 260 g/mol. The van der Waals surface area contributed by atoms with Crippen molar-refractivity contribution >= 4 is 23.0 Å². The molecule has 0 spiro atoms. The van der Waals surface area contributed by atoms with Gasteiger partial charge in [0.2, 0.25) is 0 Å². The second kappa shape index (κ2) is 7.57. The second-order valence-corrected chi connectivity index (χ2v) is 5.32. The van der Waals surface area contributed by atoms with Crippen LogP contribution in [0, 0.1) is 0 Å². The van der Waals surface area contributed by atoms with E-state index in [2.05, 4.69) is 33.7 Å². The summed E-state index contributed by atoms with van der Waals surface area (Å²) in [5.74, 6) is 0. The number of thiocarbonyl (C=S) groups is 1. The lowest BCUT2D eigenvalue weighted by Crippen LogP contribution is -2.42. The SMILES string of the molecule is CC1=C/C(=N/NC(=S)NCCN2CCOCC2)CC1. The van der Waals surface area contributed by atoms with E-state index in [1.165, 1.54) is 5.57 Å². The molecule has 2 aliphatic rings. The van der Waals surface area contributed by atoms with Crippen LogP contribution in [0.3, 0.4) is 0 Å². The summed E-state index contributed by atoms with van der Waals surface area (Å²) in [6.07, 6.45) is 4.23. The number of rotatable bonds is 4. The highest BCUT2D eigenvalue weighted by Gasteiger charge is 2.09. The van der Waals surface area contributed by atoms with E-state index in [4.69, 9.17) is 17.0 Å². The van der Waals surface area contributed by atoms with Gasteiger partial charge in [0.05, 0.1) is 18.9 Å². The molecule has 0 radical (unpaired) electrons. The van der Waals surface area contributed by atoms with Crippen LogP contribution in [0.25, 0.3) is 0 Å². The zero-order valence-electron chi connectivity index (χ0n) is 11.4. The van der Waals surface area contributed by atoms with E-state index in [1.807, 2.05) is 0 Å². The quantitative estimate of drug-likeness (QED) is 0.592. The standard InChI is InChI=1S/C13H22N4OS/c1-11-2-3-12(10-11)15-16-13(19)14-4-5-17-6-8-18-9-7-17/h10H,2-9H2,1H3,(H2,14,16,19)/b15-12+. The second-order valence-electron chi connectivity index (χ2n) is 4.92. The minimum atomic E-state index is 0.596. The van der Waals surface area contributed by atoms with Gasteiger partial charge >= 0.3 is 0 Å². The summed E-state index contributed by atoms with van der Waals surface area (Å²) in [7, 11) is 0. The summed E-state index contributed by atoms with van der Waals surface area (Å²) < 4.78 is 5.31. The van der Waals surface area contributed by atoms with Gasteiger partial charge in [-0.2, -0.15) is 5.10 Å². The van der Waals surface area contributed by atoms with Gasteiger partial charge in [-0.25, -0.2) is 0 Å². The van der Waals surface area contributed by atoms with E-state index in [0.29, 0.717) is 5.11 Å². The Hall–Kier alpha value is -0.980. The first-order valence-corrected chi connectivity index (χ1v) is 7.22. The highest BCUT2D eigenvalue weighted by atomic mass is 32.1. The Morgan fingerprint density at radius 3 is 2.89 bits per heavy atom. The summed E-state index contributed by atoms with van der Waals surface area (Å²) in [5.41, 5.74) is 5.36. The molecule has 0 atom stereocenters. The molecule has 1 saturated heterocycles. The molecule has 2 N–H and O–H groups in total. The van der Waals surface area contributed by atoms with E-state index in [9.17, 15) is 0 Å². The van der Waals surface area contributed by atoms with Crippen LogP contribution in [-0.2, 0) is 4.74 Å². The average Bonchev–Trinajstić information content (AvgIpc) is 2.83. The lowest BCUT2D eigenvalue weighted by molar-refractivity contribution is 0.0389. The molecular formula is C13H22N4OS. The molecule has 1 fully saturated rings. The normalized spacial score (nSPS) is 22.4. The van der Waals surface area contributed by atoms with Gasteiger partial charge in [0.1, 0.15) is 0 Å². The van der Waals surface area contributed by atoms with Crippen molar-refractivity contribution in [3.8, 4) is 0 Å². The zero-order chi connectivity index (χ0) is 13.5. The lowest BCUT2D eigenvalue weighted by Gasteiger charge is -2.26. The van der Waals surface area contributed by atoms with Crippen LogP contribution in [0.4, 0.5) is 0 Å². The van der Waals surface area contributed by atoms with Crippen molar-refractivity contribution in [1.29, 1.82) is 0 Å². The Morgan fingerprint density at radius 2 is 2.21 bits per heavy atom. The molecule has 0 aromatic heterocycles. The molecule has 0 saturated carbocycles. The first kappa shape index (κ1) is 14.4. The fourth-order valence-corrected chi connectivity index (χ4v) is 2.30. The number of hydrazone groups is 1. The number of hydrogen-bond donors (Lipinski definition) is 2. The topological polar surface area (TPSA) is 48.9 Å². The van der Waals surface area contributed by atoms with Crippen molar-refractivity contribution in [3.63, 3.8) is 0 Å². The zero-order valence-corrected chi connectivity index (χ0v) is 12.3. The fraction of sp³-hybridized carbons (Fsp3) is 0.692. The molecule has 6 heteroatoms. The van der Waals surface area contributed by atoms with Crippen LogP contribution < -0.4 is 10.7 Å². The van der Waals surface area contributed by atoms with Gasteiger partial charge in [-0.05, 0) is 38.1 Å². The maximum atomic E-state index is 5.31. The predicted octanol–water partition coefficient (Wildman–Crippen LogP) is 0.879. The summed E-state index contributed by atoms with van der Waals surface area (Å²) in [6.45, 7) is 7.64. The molecule has 0 amide bonds. The third-order valence-corrected chi connectivity index (χ3v) is 3.54. The first-order chi connectivity index (χ1) is 9.24. The summed E-state index contributed by atoms with van der Waals surface area (Å²) in [5, 5.41) is 8.06. The number of nitrogens with zero attached hydrogens (tertiary/aromatic N) is 2. The van der Waals surface area contributed by atoms with E-state index in [-0.39, 0.29) is 0 Å². The summed E-state index contributed by atoms with van der Waals surface area (Å²) in [4.78, 5) is 2.37. The molecule has 0 aromatic carbocycles. The highest BCUT2D eigenvalue weighted by molar-refractivity contribution is 7.80. The third kappa shape index (κ3) is 5.26. The molecule has 1 heterocycles. The Labute approximate surface area is 120 Å². The molecule has 0 aromatic rings. The van der Waals surface area contributed by atoms with Crippen LogP contribution in [-0.4, -0.2) is 55.1 Å². The number of hydrogen-bond acceptors (Lipinski definition) is 4. The molecule has 19 heavy (non-hydrogen) atoms. The van der Waals surface area contributed by atoms with Crippen LogP contribution in [0.2, 0.25) is 0 Å². The number of ether oxygens (including phenoxy) is 1. The Kier molecular flexibility index (Phi) is 5.75. The number of nitrogens with one attached hydrogen (secondary N) is 2. The lowest BCUT2D eigenvalue weighted by atomic mass is 10.3. The smallest absolute Gasteiger partial charge is 0.187 e. The Balaban J connectivity index is 1.59. The molecule has 106 valence electrons. The van der Waals surface area contributed by atoms with E-state index >= 15 is 0 Å². The van der Waals surface area contributed by atoms with Gasteiger partial charge in [-0.3, -0.25) is 10.3 Å². The molecule has 0 bridgehead atoms. The van der Waals surface area contributed by atoms with Crippen molar-refractivity contribution in [3.05, 3.63) is 11.6 Å². The van der Waals surface area contributed by atoms with Crippen LogP contribution in [0.1, 0.15) is 19.8 Å². The van der Waals surface area contributed by atoms with Crippen molar-refractivity contribution in [2.45, 2.75) is 19.8 Å². The van der Waals surface area contributed by atoms with Crippen molar-refractivity contribution in [2.75, 3.05) is 39.4 Å². The minimum absolute atomic E-state index is 0.596. The van der Waals surface area contributed by atoms with Gasteiger partial charge in [-0.15, -0.1) is 0 Å². The summed E-state index contributed by atoms with van der Waals surface area (Å²) >= 11 is 5.19. The Morgan fingerprint density at radius 1 is 1.42 bits per heavy atom. The van der Waals surface area contributed by atoms with Gasteiger partial charge < -0.3 is 10.1 Å². The molecule has 5 nitrogen and oxygen atoms in total. The van der Waals surface area contributed by atoms with Gasteiger partial charge in [-0.1, -0.05) is 5.57 Å². The molecule has 2 rings (SSSR count). The first-order valence-electron chi connectivity index (χ1n) is 6.82. The van der Waals surface area contributed by atoms with E-state index in [0.717, 1.165) is 57.9 Å². The maximum absolute atomic E-state index is 5.31. The monoisotopic (exact) mass is 282 g/mol. The Bertz CT molecular complexity index is 375. The maximum Gasteiger partial charge on any atom is 0.187 e. The van der Waals surface area contributed by atoms with Crippen molar-refractivity contribution < 1.29 is 4.74 Å². The third-order valence-electron chi connectivity index (χ3n) is 3.31. The fourth-order valence-electron chi connectivity index (χ4n) is 2.16. The highest BCUT2D eigenvalue weighted by Crippen LogP contribution is 2.14.